The number of unbranched alkanes of at least 4 members (excludes halogenated alkanes) is 1. The molecule has 0 radical (unpaired) electrons. The molecule has 0 spiro atoms. The summed E-state index contributed by atoms with van der Waals surface area (Å²) in [6.45, 7) is 2.05. The largest absolute Gasteiger partial charge is 0.443 e. The molecule has 6 heteroatoms. The SMILES string of the molecule is CCCC[C@H](OC(N)=O)[C@@H](OC)c1ccc(Cl)cc1Cl. The molecule has 0 aliphatic heterocycles. The Morgan fingerprint density at radius 3 is 2.60 bits per heavy atom. The van der Waals surface area contributed by atoms with Crippen molar-refractivity contribution < 1.29 is 14.3 Å². The minimum absolute atomic E-state index is 0.471. The number of methoxy groups -OCH3 is 1. The molecule has 1 aromatic rings. The van der Waals surface area contributed by atoms with Gasteiger partial charge in [-0.2, -0.15) is 0 Å². The highest BCUT2D eigenvalue weighted by Crippen LogP contribution is 2.33. The van der Waals surface area contributed by atoms with E-state index in [0.717, 1.165) is 18.4 Å². The van der Waals surface area contributed by atoms with E-state index in [0.29, 0.717) is 16.5 Å². The van der Waals surface area contributed by atoms with Crippen LogP contribution in [0, 0.1) is 0 Å². The van der Waals surface area contributed by atoms with Crippen molar-refractivity contribution in [3.05, 3.63) is 33.8 Å². The number of rotatable bonds is 7. The molecule has 0 saturated heterocycles. The van der Waals surface area contributed by atoms with Gasteiger partial charge in [-0.3, -0.25) is 0 Å². The van der Waals surface area contributed by atoms with Crippen LogP contribution >= 0.6 is 23.2 Å². The molecule has 4 nitrogen and oxygen atoms in total. The average Bonchev–Trinajstić information content (AvgIpc) is 2.38. The van der Waals surface area contributed by atoms with Gasteiger partial charge in [-0.1, -0.05) is 42.6 Å². The molecule has 0 bridgehead atoms. The van der Waals surface area contributed by atoms with Crippen molar-refractivity contribution in [2.45, 2.75) is 38.4 Å². The van der Waals surface area contributed by atoms with Gasteiger partial charge in [0.2, 0.25) is 0 Å². The maximum absolute atomic E-state index is 11.1. The number of benzene rings is 1. The van der Waals surface area contributed by atoms with Gasteiger partial charge in [-0.15, -0.1) is 0 Å². The molecule has 0 aliphatic rings. The standard InChI is InChI=1S/C14H19Cl2NO3/c1-3-4-5-12(20-14(17)18)13(19-2)10-7-6-9(15)8-11(10)16/h6-8,12-13H,3-5H2,1-2H3,(H2,17,18)/t12-,13-/m0/s1. The predicted octanol–water partition coefficient (Wildman–Crippen LogP) is 4.34. The van der Waals surface area contributed by atoms with Gasteiger partial charge in [0.1, 0.15) is 12.2 Å². The van der Waals surface area contributed by atoms with E-state index in [-0.39, 0.29) is 0 Å². The number of halogens is 2. The molecule has 0 aromatic heterocycles. The van der Waals surface area contributed by atoms with Crippen LogP contribution in [0.1, 0.15) is 37.9 Å². The summed E-state index contributed by atoms with van der Waals surface area (Å²) in [6, 6.07) is 5.11. The van der Waals surface area contributed by atoms with Crippen molar-refractivity contribution in [3.63, 3.8) is 0 Å². The summed E-state index contributed by atoms with van der Waals surface area (Å²) in [5.74, 6) is 0. The lowest BCUT2D eigenvalue weighted by Crippen LogP contribution is -2.29. The fraction of sp³-hybridized carbons (Fsp3) is 0.500. The Morgan fingerprint density at radius 2 is 2.10 bits per heavy atom. The lowest BCUT2D eigenvalue weighted by Gasteiger charge is -2.26. The molecule has 0 unspecified atom stereocenters. The Hall–Kier alpha value is -0.970. The van der Waals surface area contributed by atoms with Gasteiger partial charge >= 0.3 is 6.09 Å². The van der Waals surface area contributed by atoms with Crippen molar-refractivity contribution in [1.82, 2.24) is 0 Å². The summed E-state index contributed by atoms with van der Waals surface area (Å²) in [4.78, 5) is 11.1. The predicted molar refractivity (Wildman–Crippen MR) is 80.2 cm³/mol. The van der Waals surface area contributed by atoms with Crippen LogP contribution in [0.4, 0.5) is 4.79 Å². The summed E-state index contributed by atoms with van der Waals surface area (Å²) >= 11 is 12.1. The molecule has 0 saturated carbocycles. The molecule has 2 N–H and O–H groups in total. The molecular formula is C14H19Cl2NO3. The molecule has 1 amide bonds. The third-order valence-electron chi connectivity index (χ3n) is 2.97. The third kappa shape index (κ3) is 4.85. The van der Waals surface area contributed by atoms with Crippen LogP contribution in [-0.4, -0.2) is 19.3 Å². The summed E-state index contributed by atoms with van der Waals surface area (Å²) < 4.78 is 10.6. The van der Waals surface area contributed by atoms with E-state index in [2.05, 4.69) is 6.92 Å². The van der Waals surface area contributed by atoms with E-state index < -0.39 is 18.3 Å². The smallest absolute Gasteiger partial charge is 0.404 e. The number of nitrogens with two attached hydrogens (primary N) is 1. The highest BCUT2D eigenvalue weighted by atomic mass is 35.5. The number of ether oxygens (including phenoxy) is 2. The number of hydrogen-bond acceptors (Lipinski definition) is 3. The van der Waals surface area contributed by atoms with Crippen LogP contribution in [0.15, 0.2) is 18.2 Å². The summed E-state index contributed by atoms with van der Waals surface area (Å²) in [5, 5.41) is 1.01. The van der Waals surface area contributed by atoms with Crippen LogP contribution in [0.3, 0.4) is 0 Å². The van der Waals surface area contributed by atoms with E-state index in [4.69, 9.17) is 38.4 Å². The van der Waals surface area contributed by atoms with E-state index in [1.54, 1.807) is 25.3 Å². The number of amides is 1. The third-order valence-corrected chi connectivity index (χ3v) is 3.53. The van der Waals surface area contributed by atoms with E-state index in [9.17, 15) is 4.79 Å². The minimum Gasteiger partial charge on any atom is -0.443 e. The van der Waals surface area contributed by atoms with Gasteiger partial charge in [0.15, 0.2) is 0 Å². The maximum atomic E-state index is 11.1. The van der Waals surface area contributed by atoms with Crippen LogP contribution in [0.5, 0.6) is 0 Å². The Morgan fingerprint density at radius 1 is 1.40 bits per heavy atom. The average molecular weight is 320 g/mol. The maximum Gasteiger partial charge on any atom is 0.404 e. The van der Waals surface area contributed by atoms with Gasteiger partial charge in [0.05, 0.1) is 0 Å². The number of carbonyl (C=O) groups excluding carboxylic acids is 1. The van der Waals surface area contributed by atoms with Crippen molar-refractivity contribution in [3.8, 4) is 0 Å². The molecule has 1 aromatic carbocycles. The second-order valence-electron chi connectivity index (χ2n) is 4.44. The number of hydrogen-bond donors (Lipinski definition) is 1. The Balaban J connectivity index is 3.01. The monoisotopic (exact) mass is 319 g/mol. The first kappa shape index (κ1) is 17.1. The topological polar surface area (TPSA) is 61.5 Å². The van der Waals surface area contributed by atoms with Crippen LogP contribution in [0.2, 0.25) is 10.0 Å². The summed E-state index contributed by atoms with van der Waals surface area (Å²) in [6.07, 6.45) is 0.747. The molecule has 1 rings (SSSR count). The summed E-state index contributed by atoms with van der Waals surface area (Å²) in [5.41, 5.74) is 5.85. The van der Waals surface area contributed by atoms with Gasteiger partial charge in [-0.25, -0.2) is 4.79 Å². The molecule has 0 aliphatic carbocycles. The minimum atomic E-state index is -0.821. The van der Waals surface area contributed by atoms with Crippen LogP contribution in [-0.2, 0) is 9.47 Å². The van der Waals surface area contributed by atoms with E-state index in [1.807, 2.05) is 0 Å². The van der Waals surface area contributed by atoms with Gasteiger partial charge in [0, 0.05) is 22.7 Å². The van der Waals surface area contributed by atoms with Crippen LogP contribution < -0.4 is 5.73 Å². The highest BCUT2D eigenvalue weighted by Gasteiger charge is 2.27. The van der Waals surface area contributed by atoms with Gasteiger partial charge in [-0.05, 0) is 25.0 Å². The first-order chi connectivity index (χ1) is 9.49. The van der Waals surface area contributed by atoms with E-state index >= 15 is 0 Å². The van der Waals surface area contributed by atoms with Gasteiger partial charge < -0.3 is 15.2 Å². The number of carbonyl (C=O) groups is 1. The summed E-state index contributed by atoms with van der Waals surface area (Å²) in [7, 11) is 1.54. The second kappa shape index (κ2) is 8.35. The zero-order valence-corrected chi connectivity index (χ0v) is 13.1. The Labute approximate surface area is 129 Å². The van der Waals surface area contributed by atoms with Crippen molar-refractivity contribution >= 4 is 29.3 Å². The molecule has 112 valence electrons. The fourth-order valence-electron chi connectivity index (χ4n) is 2.04. The Kier molecular flexibility index (Phi) is 7.13. The molecule has 0 fully saturated rings. The molecule has 2 atom stereocenters. The quantitative estimate of drug-likeness (QED) is 0.813. The highest BCUT2D eigenvalue weighted by molar-refractivity contribution is 6.35. The zero-order valence-electron chi connectivity index (χ0n) is 11.6. The normalized spacial score (nSPS) is 13.8. The van der Waals surface area contributed by atoms with Gasteiger partial charge in [0.25, 0.3) is 0 Å². The van der Waals surface area contributed by atoms with Crippen molar-refractivity contribution in [2.24, 2.45) is 5.73 Å². The first-order valence-corrected chi connectivity index (χ1v) is 7.19. The lowest BCUT2D eigenvalue weighted by molar-refractivity contribution is -0.0256. The van der Waals surface area contributed by atoms with Crippen molar-refractivity contribution in [1.29, 1.82) is 0 Å². The number of primary amides is 1. The molecule has 0 heterocycles. The van der Waals surface area contributed by atoms with Crippen LogP contribution in [0.25, 0.3) is 0 Å². The fourth-order valence-corrected chi connectivity index (χ4v) is 2.55. The lowest BCUT2D eigenvalue weighted by atomic mass is 9.99. The van der Waals surface area contributed by atoms with Crippen molar-refractivity contribution in [2.75, 3.05) is 7.11 Å². The Bertz CT molecular complexity index is 454. The first-order valence-electron chi connectivity index (χ1n) is 6.43. The van der Waals surface area contributed by atoms with E-state index in [1.165, 1.54) is 0 Å². The molecule has 20 heavy (non-hydrogen) atoms. The molecular weight excluding hydrogens is 301 g/mol. The second-order valence-corrected chi connectivity index (χ2v) is 5.28. The zero-order chi connectivity index (χ0) is 15.1.